The SMILES string of the molecule is C=CCC(=O)N1CCC[C@@H](CNC(=O)c2ccc(-c3ccccc3)cc2)C1. The molecule has 0 unspecified atom stereocenters. The van der Waals surface area contributed by atoms with Crippen molar-refractivity contribution in [2.45, 2.75) is 19.3 Å². The van der Waals surface area contributed by atoms with Gasteiger partial charge in [0.2, 0.25) is 5.91 Å². The van der Waals surface area contributed by atoms with E-state index in [-0.39, 0.29) is 11.8 Å². The van der Waals surface area contributed by atoms with Crippen LogP contribution in [0.15, 0.2) is 67.3 Å². The molecule has 2 amide bonds. The first kappa shape index (κ1) is 18.9. The molecule has 4 nitrogen and oxygen atoms in total. The van der Waals surface area contributed by atoms with Crippen LogP contribution in [0.2, 0.25) is 0 Å². The molecule has 1 heterocycles. The minimum absolute atomic E-state index is 0.0656. The second-order valence-electron chi connectivity index (χ2n) is 6.99. The quantitative estimate of drug-likeness (QED) is 0.793. The number of carbonyl (C=O) groups is 2. The summed E-state index contributed by atoms with van der Waals surface area (Å²) in [5.41, 5.74) is 2.89. The summed E-state index contributed by atoms with van der Waals surface area (Å²) in [4.78, 5) is 26.4. The Kier molecular flexibility index (Phi) is 6.42. The van der Waals surface area contributed by atoms with Gasteiger partial charge in [-0.3, -0.25) is 9.59 Å². The van der Waals surface area contributed by atoms with Gasteiger partial charge in [0.15, 0.2) is 0 Å². The molecule has 0 bridgehead atoms. The van der Waals surface area contributed by atoms with Crippen molar-refractivity contribution in [2.24, 2.45) is 5.92 Å². The van der Waals surface area contributed by atoms with Crippen LogP contribution in [0.5, 0.6) is 0 Å². The highest BCUT2D eigenvalue weighted by molar-refractivity contribution is 5.94. The molecular weight excluding hydrogens is 336 g/mol. The summed E-state index contributed by atoms with van der Waals surface area (Å²) in [6, 6.07) is 17.8. The Balaban J connectivity index is 1.53. The molecule has 0 aromatic heterocycles. The second kappa shape index (κ2) is 9.17. The topological polar surface area (TPSA) is 49.4 Å². The molecule has 2 aromatic carbocycles. The van der Waals surface area contributed by atoms with E-state index in [2.05, 4.69) is 24.0 Å². The van der Waals surface area contributed by atoms with Crippen molar-refractivity contribution < 1.29 is 9.59 Å². The number of hydrogen-bond donors (Lipinski definition) is 1. The van der Waals surface area contributed by atoms with Crippen molar-refractivity contribution >= 4 is 11.8 Å². The van der Waals surface area contributed by atoms with Gasteiger partial charge in [0.05, 0.1) is 0 Å². The number of piperidine rings is 1. The summed E-state index contributed by atoms with van der Waals surface area (Å²) in [5, 5.41) is 3.02. The van der Waals surface area contributed by atoms with Crippen molar-refractivity contribution in [2.75, 3.05) is 19.6 Å². The van der Waals surface area contributed by atoms with Gasteiger partial charge < -0.3 is 10.2 Å². The normalized spacial score (nSPS) is 16.6. The lowest BCUT2D eigenvalue weighted by atomic mass is 9.97. The zero-order chi connectivity index (χ0) is 19.1. The first-order valence-corrected chi connectivity index (χ1v) is 9.49. The molecule has 1 fully saturated rings. The molecule has 3 rings (SSSR count). The molecule has 140 valence electrons. The van der Waals surface area contributed by atoms with Crippen LogP contribution in [0.25, 0.3) is 11.1 Å². The summed E-state index contributed by atoms with van der Waals surface area (Å²) in [5.74, 6) is 0.363. The summed E-state index contributed by atoms with van der Waals surface area (Å²) in [6.07, 6.45) is 4.04. The highest BCUT2D eigenvalue weighted by Gasteiger charge is 2.23. The first-order valence-electron chi connectivity index (χ1n) is 9.49. The van der Waals surface area contributed by atoms with Crippen molar-refractivity contribution in [3.8, 4) is 11.1 Å². The molecule has 2 aromatic rings. The van der Waals surface area contributed by atoms with E-state index in [1.54, 1.807) is 6.08 Å². The van der Waals surface area contributed by atoms with Gasteiger partial charge in [0.1, 0.15) is 0 Å². The smallest absolute Gasteiger partial charge is 0.251 e. The molecule has 0 spiro atoms. The number of rotatable bonds is 6. The van der Waals surface area contributed by atoms with Crippen LogP contribution >= 0.6 is 0 Å². The van der Waals surface area contributed by atoms with Crippen LogP contribution < -0.4 is 5.32 Å². The Morgan fingerprint density at radius 2 is 1.78 bits per heavy atom. The molecule has 1 N–H and O–H groups in total. The van der Waals surface area contributed by atoms with Crippen molar-refractivity contribution in [1.29, 1.82) is 0 Å². The fourth-order valence-corrected chi connectivity index (χ4v) is 3.49. The molecule has 27 heavy (non-hydrogen) atoms. The zero-order valence-corrected chi connectivity index (χ0v) is 15.6. The van der Waals surface area contributed by atoms with Gasteiger partial charge in [-0.05, 0) is 42.0 Å². The predicted octanol–water partition coefficient (Wildman–Crippen LogP) is 3.90. The Labute approximate surface area is 160 Å². The van der Waals surface area contributed by atoms with E-state index in [4.69, 9.17) is 0 Å². The van der Waals surface area contributed by atoms with Gasteiger partial charge in [-0.25, -0.2) is 0 Å². The lowest BCUT2D eigenvalue weighted by molar-refractivity contribution is -0.132. The van der Waals surface area contributed by atoms with E-state index >= 15 is 0 Å². The van der Waals surface area contributed by atoms with E-state index in [0.717, 1.165) is 30.5 Å². The predicted molar refractivity (Wildman–Crippen MR) is 108 cm³/mol. The molecule has 0 saturated carbocycles. The number of benzene rings is 2. The maximum absolute atomic E-state index is 12.4. The van der Waals surface area contributed by atoms with Gasteiger partial charge in [0, 0.05) is 31.6 Å². The highest BCUT2D eigenvalue weighted by atomic mass is 16.2. The van der Waals surface area contributed by atoms with E-state index in [1.165, 1.54) is 0 Å². The number of amides is 2. The Morgan fingerprint density at radius 3 is 2.48 bits per heavy atom. The number of likely N-dealkylation sites (tertiary alicyclic amines) is 1. The lowest BCUT2D eigenvalue weighted by Crippen LogP contribution is -2.43. The van der Waals surface area contributed by atoms with Crippen LogP contribution in [-0.2, 0) is 4.79 Å². The average Bonchev–Trinajstić information content (AvgIpc) is 2.73. The van der Waals surface area contributed by atoms with E-state index in [1.807, 2.05) is 47.4 Å². The van der Waals surface area contributed by atoms with Crippen LogP contribution in [0.1, 0.15) is 29.6 Å². The third kappa shape index (κ3) is 5.07. The maximum Gasteiger partial charge on any atom is 0.251 e. The van der Waals surface area contributed by atoms with Gasteiger partial charge in [-0.1, -0.05) is 48.5 Å². The van der Waals surface area contributed by atoms with Crippen molar-refractivity contribution in [1.82, 2.24) is 10.2 Å². The van der Waals surface area contributed by atoms with Crippen LogP contribution in [0.3, 0.4) is 0 Å². The largest absolute Gasteiger partial charge is 0.352 e. The molecule has 1 aliphatic heterocycles. The molecule has 0 radical (unpaired) electrons. The minimum Gasteiger partial charge on any atom is -0.352 e. The minimum atomic E-state index is -0.0656. The van der Waals surface area contributed by atoms with E-state index in [0.29, 0.717) is 31.0 Å². The molecular formula is C23H26N2O2. The molecule has 1 atom stereocenters. The molecule has 1 saturated heterocycles. The van der Waals surface area contributed by atoms with Gasteiger partial charge in [0.25, 0.3) is 5.91 Å². The fourth-order valence-electron chi connectivity index (χ4n) is 3.49. The summed E-state index contributed by atoms with van der Waals surface area (Å²) >= 11 is 0. The first-order chi connectivity index (χ1) is 13.2. The summed E-state index contributed by atoms with van der Waals surface area (Å²) < 4.78 is 0. The van der Waals surface area contributed by atoms with E-state index < -0.39 is 0 Å². The summed E-state index contributed by atoms with van der Waals surface area (Å²) in [6.45, 7) is 5.73. The number of nitrogens with one attached hydrogen (secondary N) is 1. The van der Waals surface area contributed by atoms with Gasteiger partial charge in [-0.2, -0.15) is 0 Å². The molecule has 0 aliphatic carbocycles. The monoisotopic (exact) mass is 362 g/mol. The van der Waals surface area contributed by atoms with Crippen LogP contribution in [-0.4, -0.2) is 36.3 Å². The Hall–Kier alpha value is -2.88. The number of hydrogen-bond acceptors (Lipinski definition) is 2. The standard InChI is InChI=1S/C23H26N2O2/c1-2-7-22(26)25-15-6-8-18(17-25)16-24-23(27)21-13-11-20(12-14-21)19-9-4-3-5-10-19/h2-5,9-14,18H,1,6-8,15-17H2,(H,24,27)/t18-/m0/s1. The summed E-state index contributed by atoms with van der Waals surface area (Å²) in [7, 11) is 0. The third-order valence-corrected chi connectivity index (χ3v) is 5.00. The van der Waals surface area contributed by atoms with Crippen LogP contribution in [0, 0.1) is 5.92 Å². The van der Waals surface area contributed by atoms with Crippen molar-refractivity contribution in [3.05, 3.63) is 72.8 Å². The Morgan fingerprint density at radius 1 is 1.07 bits per heavy atom. The van der Waals surface area contributed by atoms with Crippen molar-refractivity contribution in [3.63, 3.8) is 0 Å². The third-order valence-electron chi connectivity index (χ3n) is 5.00. The average molecular weight is 362 g/mol. The Bertz CT molecular complexity index is 784. The lowest BCUT2D eigenvalue weighted by Gasteiger charge is -2.32. The van der Waals surface area contributed by atoms with Gasteiger partial charge in [-0.15, -0.1) is 6.58 Å². The molecule has 1 aliphatic rings. The second-order valence-corrected chi connectivity index (χ2v) is 6.99. The number of nitrogens with zero attached hydrogens (tertiary/aromatic N) is 1. The zero-order valence-electron chi connectivity index (χ0n) is 15.6. The molecule has 4 heteroatoms. The fraction of sp³-hybridized carbons (Fsp3) is 0.304. The maximum atomic E-state index is 12.4. The van der Waals surface area contributed by atoms with Crippen LogP contribution in [0.4, 0.5) is 0 Å². The highest BCUT2D eigenvalue weighted by Crippen LogP contribution is 2.20. The number of carbonyl (C=O) groups excluding carboxylic acids is 2. The van der Waals surface area contributed by atoms with E-state index in [9.17, 15) is 9.59 Å². The van der Waals surface area contributed by atoms with Gasteiger partial charge >= 0.3 is 0 Å².